The van der Waals surface area contributed by atoms with Crippen molar-refractivity contribution in [2.24, 2.45) is 0 Å². The van der Waals surface area contributed by atoms with Crippen molar-refractivity contribution in [1.82, 2.24) is 4.90 Å². The Hall–Kier alpha value is 0.374. The van der Waals surface area contributed by atoms with Gasteiger partial charge in [-0.05, 0) is 0 Å². The van der Waals surface area contributed by atoms with Crippen LogP contribution in [0.2, 0.25) is 0 Å². The van der Waals surface area contributed by atoms with Gasteiger partial charge in [0, 0.05) is 0 Å². The van der Waals surface area contributed by atoms with Crippen LogP contribution in [0.3, 0.4) is 0 Å². The summed E-state index contributed by atoms with van der Waals surface area (Å²) in [5.74, 6) is 0. The van der Waals surface area contributed by atoms with E-state index in [1.165, 1.54) is 0 Å². The van der Waals surface area contributed by atoms with E-state index < -0.39 is 0 Å². The van der Waals surface area contributed by atoms with Crippen molar-refractivity contribution in [2.75, 3.05) is 27.2 Å². The zero-order valence-corrected chi connectivity index (χ0v) is 8.32. The first-order valence-corrected chi connectivity index (χ1v) is 4.13. The van der Waals surface area contributed by atoms with Gasteiger partial charge >= 0.3 is 71.6 Å². The third kappa shape index (κ3) is 8.37. The van der Waals surface area contributed by atoms with E-state index in [0.717, 1.165) is 24.0 Å². The second-order valence-corrected chi connectivity index (χ2v) is 3.51. The normalized spacial score (nSPS) is 10.3. The topological polar surface area (TPSA) is 12.5 Å². The van der Waals surface area contributed by atoms with Crippen LogP contribution in [0.15, 0.2) is 0 Å². The van der Waals surface area contributed by atoms with Crippen LogP contribution in [0, 0.1) is 0 Å². The second kappa shape index (κ2) is 6.11. The van der Waals surface area contributed by atoms with Crippen molar-refractivity contribution in [3.63, 3.8) is 0 Å². The average Bonchev–Trinajstić information content (AvgIpc) is 1.79. The molecule has 0 aromatic rings. The molecule has 2 nitrogen and oxygen atoms in total. The molecule has 0 atom stereocenters. The quantitative estimate of drug-likeness (QED) is 0.576. The predicted molar refractivity (Wildman–Crippen MR) is 39.8 cm³/mol. The Bertz CT molecular complexity index is 104. The molecule has 0 aliphatic rings. The fraction of sp³-hybridized carbons (Fsp3) is 0.857. The Labute approximate surface area is 72.0 Å². The van der Waals surface area contributed by atoms with Gasteiger partial charge in [-0.15, -0.1) is 0 Å². The first-order valence-electron chi connectivity index (χ1n) is 3.43. The van der Waals surface area contributed by atoms with Gasteiger partial charge in [-0.2, -0.15) is 0 Å². The first kappa shape index (κ1) is 10.4. The molecule has 0 spiro atoms. The van der Waals surface area contributed by atoms with Gasteiger partial charge in [0.15, 0.2) is 0 Å². The van der Waals surface area contributed by atoms with Gasteiger partial charge < -0.3 is 0 Å². The molecular formula is C7H15NOV. The van der Waals surface area contributed by atoms with E-state index in [1.807, 2.05) is 6.92 Å². The van der Waals surface area contributed by atoms with Crippen LogP contribution in [0.4, 0.5) is 0 Å². The van der Waals surface area contributed by atoms with Crippen LogP contribution in [-0.2, 0) is 21.7 Å². The van der Waals surface area contributed by atoms with Crippen molar-refractivity contribution >= 4 is 4.41 Å². The number of nitrogens with zero attached hydrogens (tertiary/aromatic N) is 1. The monoisotopic (exact) mass is 180 g/mol. The van der Waals surface area contributed by atoms with Crippen LogP contribution in [0.1, 0.15) is 13.3 Å². The zero-order valence-electron chi connectivity index (χ0n) is 6.92. The fourth-order valence-electron chi connectivity index (χ4n) is 0.601. The summed E-state index contributed by atoms with van der Waals surface area (Å²) in [7, 11) is 4.14. The number of rotatable bonds is 5. The van der Waals surface area contributed by atoms with Crippen LogP contribution >= 0.6 is 0 Å². The molecule has 0 N–H and O–H groups in total. The van der Waals surface area contributed by atoms with E-state index in [9.17, 15) is 0 Å². The van der Waals surface area contributed by atoms with E-state index in [0.29, 0.717) is 0 Å². The molecule has 0 fully saturated rings. The minimum atomic E-state index is 0.832. The Morgan fingerprint density at radius 1 is 1.50 bits per heavy atom. The summed E-state index contributed by atoms with van der Waals surface area (Å²) in [4.78, 5) is 2.16. The number of hydrogen-bond acceptors (Lipinski definition) is 2. The number of ether oxygens (including phenoxy) is 1. The van der Waals surface area contributed by atoms with Gasteiger partial charge in [-0.25, -0.2) is 0 Å². The summed E-state index contributed by atoms with van der Waals surface area (Å²) in [5, 5.41) is 0. The predicted octanol–water partition coefficient (Wildman–Crippen LogP) is 0.651. The van der Waals surface area contributed by atoms with E-state index in [4.69, 9.17) is 4.74 Å². The third-order valence-corrected chi connectivity index (χ3v) is 1.26. The molecule has 3 heteroatoms. The van der Waals surface area contributed by atoms with Gasteiger partial charge in [0.25, 0.3) is 0 Å². The van der Waals surface area contributed by atoms with Gasteiger partial charge in [0.1, 0.15) is 0 Å². The maximum atomic E-state index is 5.25. The van der Waals surface area contributed by atoms with E-state index in [2.05, 4.69) is 36.0 Å². The Balaban J connectivity index is 2.98. The molecule has 0 amide bonds. The molecule has 0 aromatic heterocycles. The van der Waals surface area contributed by atoms with Crippen molar-refractivity contribution in [2.45, 2.75) is 13.3 Å². The van der Waals surface area contributed by atoms with Crippen LogP contribution < -0.4 is 0 Å². The summed E-state index contributed by atoms with van der Waals surface area (Å²) in [6.45, 7) is 3.88. The second-order valence-electron chi connectivity index (χ2n) is 2.52. The number of hydrogen-bond donors (Lipinski definition) is 0. The summed E-state index contributed by atoms with van der Waals surface area (Å²) >= 11 is 2.40. The van der Waals surface area contributed by atoms with E-state index in [1.54, 1.807) is 0 Å². The van der Waals surface area contributed by atoms with Crippen LogP contribution in [0.5, 0.6) is 0 Å². The zero-order chi connectivity index (χ0) is 7.98. The SMILES string of the molecule is C[C](=[V])OCCCN(C)C. The third-order valence-electron chi connectivity index (χ3n) is 1.06. The standard InChI is InChI=1S/C7H15NO.V/c1-4-9-7-5-6-8(2)3;/h5-7H2,1-3H3;. The first-order chi connectivity index (χ1) is 4.63. The summed E-state index contributed by atoms with van der Waals surface area (Å²) in [6.07, 6.45) is 1.10. The van der Waals surface area contributed by atoms with Gasteiger partial charge in [-0.3, -0.25) is 0 Å². The van der Waals surface area contributed by atoms with Crippen LogP contribution in [0.25, 0.3) is 0 Å². The Kier molecular flexibility index (Phi) is 6.34. The van der Waals surface area contributed by atoms with Gasteiger partial charge in [0.2, 0.25) is 0 Å². The van der Waals surface area contributed by atoms with Crippen molar-refractivity contribution in [1.29, 1.82) is 0 Å². The molecule has 0 bridgehead atoms. The molecule has 10 heavy (non-hydrogen) atoms. The van der Waals surface area contributed by atoms with Gasteiger partial charge in [0.05, 0.1) is 0 Å². The Morgan fingerprint density at radius 2 is 2.10 bits per heavy atom. The van der Waals surface area contributed by atoms with Crippen molar-refractivity contribution < 1.29 is 21.7 Å². The summed E-state index contributed by atoms with van der Waals surface area (Å²) in [5.41, 5.74) is 0. The molecule has 0 radical (unpaired) electrons. The van der Waals surface area contributed by atoms with E-state index in [-0.39, 0.29) is 0 Å². The molecule has 0 aliphatic heterocycles. The maximum absolute atomic E-state index is 5.25. The van der Waals surface area contributed by atoms with Crippen molar-refractivity contribution in [3.05, 3.63) is 0 Å². The molecule has 0 saturated heterocycles. The average molecular weight is 180 g/mol. The molecule has 59 valence electrons. The minimum absolute atomic E-state index is 0.832. The molecule has 0 rings (SSSR count). The fourth-order valence-corrected chi connectivity index (χ4v) is 0.743. The van der Waals surface area contributed by atoms with Gasteiger partial charge in [-0.1, -0.05) is 0 Å². The molecule has 0 aromatic carbocycles. The molecule has 0 unspecified atom stereocenters. The molecular weight excluding hydrogens is 165 g/mol. The summed E-state index contributed by atoms with van der Waals surface area (Å²) < 4.78 is 6.25. The summed E-state index contributed by atoms with van der Waals surface area (Å²) in [6, 6.07) is 0. The molecule has 0 heterocycles. The molecule has 0 saturated carbocycles. The van der Waals surface area contributed by atoms with Crippen LogP contribution in [-0.4, -0.2) is 36.6 Å². The molecule has 0 aliphatic carbocycles. The van der Waals surface area contributed by atoms with Crippen molar-refractivity contribution in [3.8, 4) is 0 Å². The van der Waals surface area contributed by atoms with E-state index >= 15 is 0 Å². The Morgan fingerprint density at radius 3 is 2.50 bits per heavy atom.